The fraction of sp³-hybridized carbons (Fsp3) is 0.190. The van der Waals surface area contributed by atoms with Crippen molar-refractivity contribution in [1.29, 1.82) is 0 Å². The van der Waals surface area contributed by atoms with Gasteiger partial charge in [-0.3, -0.25) is 18.7 Å². The van der Waals surface area contributed by atoms with Crippen LogP contribution in [0.3, 0.4) is 0 Å². The Bertz CT molecular complexity index is 1320. The molecular formula is C21H19N5O5. The van der Waals surface area contributed by atoms with Crippen LogP contribution in [0, 0.1) is 0 Å². The first kappa shape index (κ1) is 20.1. The van der Waals surface area contributed by atoms with Crippen LogP contribution in [0.2, 0.25) is 0 Å². The zero-order chi connectivity index (χ0) is 21.8. The summed E-state index contributed by atoms with van der Waals surface area (Å²) in [5, 5.41) is 2.68. The SMILES string of the molecule is COc1ccc(Cn2c(=O)c3nccnc3n(CC(=O)NCc3ccco3)c2=O)cc1. The molecule has 3 heterocycles. The predicted octanol–water partition coefficient (Wildman–Crippen LogP) is 0.919. The van der Waals surface area contributed by atoms with E-state index in [9.17, 15) is 14.4 Å². The highest BCUT2D eigenvalue weighted by molar-refractivity contribution is 5.78. The molecule has 3 aromatic heterocycles. The van der Waals surface area contributed by atoms with Crippen LogP contribution < -0.4 is 21.3 Å². The molecule has 0 bridgehead atoms. The summed E-state index contributed by atoms with van der Waals surface area (Å²) >= 11 is 0. The lowest BCUT2D eigenvalue weighted by Gasteiger charge is -2.13. The molecule has 0 aliphatic rings. The van der Waals surface area contributed by atoms with Crippen LogP contribution in [-0.4, -0.2) is 32.1 Å². The summed E-state index contributed by atoms with van der Waals surface area (Å²) in [5.41, 5.74) is -0.443. The highest BCUT2D eigenvalue weighted by atomic mass is 16.5. The maximum Gasteiger partial charge on any atom is 0.333 e. The lowest BCUT2D eigenvalue weighted by molar-refractivity contribution is -0.121. The van der Waals surface area contributed by atoms with E-state index in [-0.39, 0.29) is 30.8 Å². The number of carbonyl (C=O) groups excluding carboxylic acids is 1. The molecule has 158 valence electrons. The van der Waals surface area contributed by atoms with E-state index in [1.807, 2.05) is 0 Å². The third-order valence-corrected chi connectivity index (χ3v) is 4.69. The number of rotatable bonds is 7. The molecule has 0 saturated heterocycles. The Kier molecular flexibility index (Phi) is 5.61. The minimum Gasteiger partial charge on any atom is -0.497 e. The van der Waals surface area contributed by atoms with Gasteiger partial charge < -0.3 is 14.5 Å². The van der Waals surface area contributed by atoms with Crippen LogP contribution in [0.1, 0.15) is 11.3 Å². The molecule has 0 fully saturated rings. The quantitative estimate of drug-likeness (QED) is 0.471. The van der Waals surface area contributed by atoms with E-state index in [1.54, 1.807) is 43.5 Å². The summed E-state index contributed by atoms with van der Waals surface area (Å²) in [5.74, 6) is 0.807. The largest absolute Gasteiger partial charge is 0.497 e. The number of hydrogen-bond acceptors (Lipinski definition) is 7. The standard InChI is InChI=1S/C21H19N5O5/c1-30-15-6-4-14(5-7-15)12-26-20(28)18-19(23-9-8-22-18)25(21(26)29)13-17(27)24-11-16-3-2-10-31-16/h2-10H,11-13H2,1H3,(H,24,27). The second-order valence-electron chi connectivity index (χ2n) is 6.69. The van der Waals surface area contributed by atoms with Gasteiger partial charge >= 0.3 is 5.69 Å². The van der Waals surface area contributed by atoms with Crippen LogP contribution >= 0.6 is 0 Å². The number of hydrogen-bond donors (Lipinski definition) is 1. The minimum atomic E-state index is -0.651. The Morgan fingerprint density at radius 1 is 1.10 bits per heavy atom. The Morgan fingerprint density at radius 3 is 2.58 bits per heavy atom. The summed E-state index contributed by atoms with van der Waals surface area (Å²) in [7, 11) is 1.55. The van der Waals surface area contributed by atoms with Gasteiger partial charge in [0, 0.05) is 12.4 Å². The van der Waals surface area contributed by atoms with Gasteiger partial charge in [0.1, 0.15) is 18.1 Å². The molecule has 0 aliphatic carbocycles. The number of furan rings is 1. The summed E-state index contributed by atoms with van der Waals surface area (Å²) in [6, 6.07) is 10.4. The molecule has 0 aliphatic heterocycles. The molecule has 31 heavy (non-hydrogen) atoms. The summed E-state index contributed by atoms with van der Waals surface area (Å²) < 4.78 is 12.5. The highest BCUT2D eigenvalue weighted by Crippen LogP contribution is 2.12. The zero-order valence-electron chi connectivity index (χ0n) is 16.6. The molecule has 10 heteroatoms. The van der Waals surface area contributed by atoms with Crippen molar-refractivity contribution in [2.75, 3.05) is 7.11 Å². The number of nitrogens with zero attached hydrogens (tertiary/aromatic N) is 4. The fourth-order valence-corrected chi connectivity index (χ4v) is 3.12. The van der Waals surface area contributed by atoms with Crippen molar-refractivity contribution in [1.82, 2.24) is 24.4 Å². The van der Waals surface area contributed by atoms with Gasteiger partial charge in [0.15, 0.2) is 11.2 Å². The van der Waals surface area contributed by atoms with Crippen molar-refractivity contribution in [3.8, 4) is 5.75 Å². The van der Waals surface area contributed by atoms with E-state index in [0.29, 0.717) is 11.5 Å². The molecule has 10 nitrogen and oxygen atoms in total. The van der Waals surface area contributed by atoms with E-state index in [2.05, 4.69) is 15.3 Å². The normalized spacial score (nSPS) is 10.9. The molecule has 0 saturated carbocycles. The second kappa shape index (κ2) is 8.66. The van der Waals surface area contributed by atoms with Crippen LogP contribution in [0.5, 0.6) is 5.75 Å². The Labute approximate surface area is 175 Å². The maximum absolute atomic E-state index is 13.1. The number of fused-ring (bicyclic) bond motifs is 1. The van der Waals surface area contributed by atoms with Gasteiger partial charge in [0.25, 0.3) is 5.56 Å². The lowest BCUT2D eigenvalue weighted by Crippen LogP contribution is -2.43. The van der Waals surface area contributed by atoms with Crippen molar-refractivity contribution in [2.24, 2.45) is 0 Å². The molecular weight excluding hydrogens is 402 g/mol. The molecule has 0 radical (unpaired) electrons. The Hall–Kier alpha value is -4.21. The first-order chi connectivity index (χ1) is 15.1. The van der Waals surface area contributed by atoms with E-state index < -0.39 is 17.2 Å². The average molecular weight is 421 g/mol. The molecule has 0 spiro atoms. The fourth-order valence-electron chi connectivity index (χ4n) is 3.12. The third-order valence-electron chi connectivity index (χ3n) is 4.69. The van der Waals surface area contributed by atoms with Gasteiger partial charge in [-0.05, 0) is 29.8 Å². The van der Waals surface area contributed by atoms with Gasteiger partial charge in [-0.1, -0.05) is 12.1 Å². The van der Waals surface area contributed by atoms with Crippen LogP contribution in [0.15, 0.2) is 69.1 Å². The number of aromatic nitrogens is 4. The van der Waals surface area contributed by atoms with Crippen molar-refractivity contribution in [3.63, 3.8) is 0 Å². The number of methoxy groups -OCH3 is 1. The minimum absolute atomic E-state index is 0.00875. The van der Waals surface area contributed by atoms with E-state index in [4.69, 9.17) is 9.15 Å². The van der Waals surface area contributed by atoms with Gasteiger partial charge in [0.2, 0.25) is 5.91 Å². The van der Waals surface area contributed by atoms with E-state index in [0.717, 1.165) is 14.7 Å². The van der Waals surface area contributed by atoms with Crippen LogP contribution in [0.4, 0.5) is 0 Å². The highest BCUT2D eigenvalue weighted by Gasteiger charge is 2.17. The number of nitrogens with one attached hydrogen (secondary N) is 1. The second-order valence-corrected chi connectivity index (χ2v) is 6.69. The number of ether oxygens (including phenoxy) is 1. The van der Waals surface area contributed by atoms with Crippen molar-refractivity contribution in [3.05, 3.63) is 87.2 Å². The molecule has 0 unspecified atom stereocenters. The average Bonchev–Trinajstić information content (AvgIpc) is 3.32. The maximum atomic E-state index is 13.1. The van der Waals surface area contributed by atoms with Crippen molar-refractivity contribution < 1.29 is 13.9 Å². The van der Waals surface area contributed by atoms with E-state index >= 15 is 0 Å². The van der Waals surface area contributed by atoms with Crippen molar-refractivity contribution >= 4 is 17.1 Å². The van der Waals surface area contributed by atoms with Crippen LogP contribution in [-0.2, 0) is 24.4 Å². The first-order valence-electron chi connectivity index (χ1n) is 9.43. The van der Waals surface area contributed by atoms with Gasteiger partial charge in [-0.15, -0.1) is 0 Å². The Balaban J connectivity index is 1.69. The number of amides is 1. The zero-order valence-corrected chi connectivity index (χ0v) is 16.6. The molecule has 1 N–H and O–H groups in total. The summed E-state index contributed by atoms with van der Waals surface area (Å²) in [6.07, 6.45) is 4.24. The summed E-state index contributed by atoms with van der Waals surface area (Å²) in [6.45, 7) is -0.129. The predicted molar refractivity (Wildman–Crippen MR) is 111 cm³/mol. The summed E-state index contributed by atoms with van der Waals surface area (Å²) in [4.78, 5) is 46.7. The topological polar surface area (TPSA) is 121 Å². The molecule has 1 aromatic carbocycles. The monoisotopic (exact) mass is 421 g/mol. The molecule has 4 aromatic rings. The van der Waals surface area contributed by atoms with Crippen molar-refractivity contribution in [2.45, 2.75) is 19.6 Å². The van der Waals surface area contributed by atoms with Gasteiger partial charge in [-0.25, -0.2) is 14.8 Å². The molecule has 0 atom stereocenters. The van der Waals surface area contributed by atoms with Gasteiger partial charge in [-0.2, -0.15) is 0 Å². The van der Waals surface area contributed by atoms with Crippen LogP contribution in [0.25, 0.3) is 11.2 Å². The molecule has 4 rings (SSSR count). The lowest BCUT2D eigenvalue weighted by atomic mass is 10.2. The van der Waals surface area contributed by atoms with Gasteiger partial charge in [0.05, 0.1) is 26.5 Å². The third kappa shape index (κ3) is 4.22. The smallest absolute Gasteiger partial charge is 0.333 e. The number of benzene rings is 1. The number of carbonyl (C=O) groups is 1. The Morgan fingerprint density at radius 2 is 1.87 bits per heavy atom. The first-order valence-corrected chi connectivity index (χ1v) is 9.43. The van der Waals surface area contributed by atoms with E-state index in [1.165, 1.54) is 18.7 Å². The molecule has 1 amide bonds.